The van der Waals surface area contributed by atoms with E-state index in [1.165, 1.54) is 0 Å². The molecular weight excluding hydrogens is 202 g/mol. The third-order valence-electron chi connectivity index (χ3n) is 1.85. The maximum Gasteiger partial charge on any atom is 0.147 e. The van der Waals surface area contributed by atoms with Gasteiger partial charge in [-0.1, -0.05) is 6.92 Å². The molecule has 14 heavy (non-hydrogen) atoms. The Bertz CT molecular complexity index is 252. The summed E-state index contributed by atoms with van der Waals surface area (Å²) in [7, 11) is 0. The lowest BCUT2D eigenvalue weighted by molar-refractivity contribution is 0.129. The monoisotopic (exact) mass is 217 g/mol. The van der Waals surface area contributed by atoms with Crippen LogP contribution in [0.5, 0.6) is 0 Å². The predicted octanol–water partition coefficient (Wildman–Crippen LogP) is 1.83. The third kappa shape index (κ3) is 3.64. The highest BCUT2D eigenvalue weighted by atomic mass is 35.5. The first-order valence-electron chi connectivity index (χ1n) is 4.89. The Labute approximate surface area is 89.2 Å². The summed E-state index contributed by atoms with van der Waals surface area (Å²) in [4.78, 5) is 0. The van der Waals surface area contributed by atoms with Crippen LogP contribution in [0.25, 0.3) is 0 Å². The van der Waals surface area contributed by atoms with Crippen LogP contribution in [0, 0.1) is 0 Å². The van der Waals surface area contributed by atoms with Crippen LogP contribution in [-0.2, 0) is 17.2 Å². The van der Waals surface area contributed by atoms with E-state index in [4.69, 9.17) is 16.3 Å². The van der Waals surface area contributed by atoms with Crippen LogP contribution in [0.1, 0.15) is 25.6 Å². The van der Waals surface area contributed by atoms with Gasteiger partial charge in [-0.3, -0.25) is 0 Å². The van der Waals surface area contributed by atoms with Gasteiger partial charge in [0.15, 0.2) is 0 Å². The summed E-state index contributed by atoms with van der Waals surface area (Å²) in [5.41, 5.74) is 0. The Morgan fingerprint density at radius 1 is 1.50 bits per heavy atom. The number of hydrogen-bond acceptors (Lipinski definition) is 3. The van der Waals surface area contributed by atoms with E-state index in [9.17, 15) is 0 Å². The van der Waals surface area contributed by atoms with E-state index in [2.05, 4.69) is 17.1 Å². The zero-order valence-corrected chi connectivity index (χ0v) is 9.20. The van der Waals surface area contributed by atoms with Crippen LogP contribution < -0.4 is 0 Å². The van der Waals surface area contributed by atoms with Crippen molar-refractivity contribution < 1.29 is 4.74 Å². The molecule has 0 aromatic carbocycles. The van der Waals surface area contributed by atoms with Crippen molar-refractivity contribution in [2.24, 2.45) is 0 Å². The van der Waals surface area contributed by atoms with E-state index < -0.39 is 0 Å². The summed E-state index contributed by atoms with van der Waals surface area (Å²) in [6.45, 7) is 4.60. The Kier molecular flexibility index (Phi) is 5.56. The molecule has 0 saturated heterocycles. The summed E-state index contributed by atoms with van der Waals surface area (Å²) in [6.07, 6.45) is 3.75. The molecule has 1 aromatic heterocycles. The molecule has 0 atom stereocenters. The molecule has 0 aliphatic carbocycles. The number of aromatic nitrogens is 3. The first-order chi connectivity index (χ1) is 6.88. The zero-order valence-electron chi connectivity index (χ0n) is 8.45. The Morgan fingerprint density at radius 2 is 2.36 bits per heavy atom. The quantitative estimate of drug-likeness (QED) is 0.517. The molecule has 0 aliphatic heterocycles. The van der Waals surface area contributed by atoms with Crippen LogP contribution in [-0.4, -0.2) is 28.0 Å². The van der Waals surface area contributed by atoms with E-state index in [1.54, 1.807) is 6.33 Å². The molecule has 0 unspecified atom stereocenters. The molecule has 0 saturated carbocycles. The first-order valence-corrected chi connectivity index (χ1v) is 5.42. The second-order valence-electron chi connectivity index (χ2n) is 3.04. The minimum Gasteiger partial charge on any atom is -0.381 e. The largest absolute Gasteiger partial charge is 0.381 e. The van der Waals surface area contributed by atoms with Gasteiger partial charge in [-0.25, -0.2) is 0 Å². The van der Waals surface area contributed by atoms with Gasteiger partial charge in [-0.2, -0.15) is 0 Å². The molecule has 4 nitrogen and oxygen atoms in total. The molecule has 0 N–H and O–H groups in total. The van der Waals surface area contributed by atoms with Crippen molar-refractivity contribution >= 4 is 11.6 Å². The van der Waals surface area contributed by atoms with Crippen LogP contribution in [0.3, 0.4) is 0 Å². The molecule has 0 radical (unpaired) electrons. The number of hydrogen-bond donors (Lipinski definition) is 0. The predicted molar refractivity (Wildman–Crippen MR) is 55.3 cm³/mol. The lowest BCUT2D eigenvalue weighted by atomic mass is 10.4. The highest BCUT2D eigenvalue weighted by molar-refractivity contribution is 6.16. The molecular formula is C9H16ClN3O. The SMILES string of the molecule is CCCOCCCn1cnnc1CCl. The lowest BCUT2D eigenvalue weighted by Crippen LogP contribution is -2.05. The average Bonchev–Trinajstić information content (AvgIpc) is 2.65. The second-order valence-corrected chi connectivity index (χ2v) is 3.31. The van der Waals surface area contributed by atoms with Crippen molar-refractivity contribution in [3.05, 3.63) is 12.2 Å². The van der Waals surface area contributed by atoms with Gasteiger partial charge in [-0.05, 0) is 12.8 Å². The minimum atomic E-state index is 0.413. The highest BCUT2D eigenvalue weighted by Gasteiger charge is 2.01. The second kappa shape index (κ2) is 6.79. The van der Waals surface area contributed by atoms with Gasteiger partial charge in [0.25, 0.3) is 0 Å². The smallest absolute Gasteiger partial charge is 0.147 e. The third-order valence-corrected chi connectivity index (χ3v) is 2.09. The molecule has 0 bridgehead atoms. The molecule has 5 heteroatoms. The van der Waals surface area contributed by atoms with Gasteiger partial charge in [0.05, 0.1) is 5.88 Å². The minimum absolute atomic E-state index is 0.413. The maximum atomic E-state index is 5.68. The van der Waals surface area contributed by atoms with E-state index in [-0.39, 0.29) is 0 Å². The van der Waals surface area contributed by atoms with Crippen LogP contribution >= 0.6 is 11.6 Å². The number of alkyl halides is 1. The maximum absolute atomic E-state index is 5.68. The molecule has 80 valence electrons. The average molecular weight is 218 g/mol. The molecule has 1 aromatic rings. The van der Waals surface area contributed by atoms with Gasteiger partial charge in [0, 0.05) is 19.8 Å². The van der Waals surface area contributed by atoms with Gasteiger partial charge >= 0.3 is 0 Å². The van der Waals surface area contributed by atoms with E-state index >= 15 is 0 Å². The van der Waals surface area contributed by atoms with Crippen molar-refractivity contribution in [1.82, 2.24) is 14.8 Å². The van der Waals surface area contributed by atoms with Gasteiger partial charge in [0.2, 0.25) is 0 Å². The summed E-state index contributed by atoms with van der Waals surface area (Å²) in [5, 5.41) is 7.69. The number of halogens is 1. The molecule has 0 spiro atoms. The molecule has 0 aliphatic rings. The van der Waals surface area contributed by atoms with E-state index in [0.717, 1.165) is 38.4 Å². The number of nitrogens with zero attached hydrogens (tertiary/aromatic N) is 3. The van der Waals surface area contributed by atoms with Gasteiger partial charge in [-0.15, -0.1) is 21.8 Å². The van der Waals surface area contributed by atoms with Crippen LogP contribution in [0.15, 0.2) is 6.33 Å². The summed E-state index contributed by atoms with van der Waals surface area (Å²) in [6, 6.07) is 0. The topological polar surface area (TPSA) is 39.9 Å². The number of aryl methyl sites for hydroxylation is 1. The Hall–Kier alpha value is -0.610. The van der Waals surface area contributed by atoms with Gasteiger partial charge in [0.1, 0.15) is 12.2 Å². The Morgan fingerprint density at radius 3 is 3.07 bits per heavy atom. The highest BCUT2D eigenvalue weighted by Crippen LogP contribution is 2.00. The van der Waals surface area contributed by atoms with Crippen LogP contribution in [0.2, 0.25) is 0 Å². The van der Waals surface area contributed by atoms with Crippen LogP contribution in [0.4, 0.5) is 0 Å². The molecule has 1 heterocycles. The van der Waals surface area contributed by atoms with Crippen molar-refractivity contribution in [3.8, 4) is 0 Å². The summed E-state index contributed by atoms with van der Waals surface area (Å²) < 4.78 is 7.33. The van der Waals surface area contributed by atoms with Crippen molar-refractivity contribution in [3.63, 3.8) is 0 Å². The summed E-state index contributed by atoms with van der Waals surface area (Å²) in [5.74, 6) is 1.23. The van der Waals surface area contributed by atoms with Gasteiger partial charge < -0.3 is 9.30 Å². The molecule has 0 amide bonds. The van der Waals surface area contributed by atoms with Crippen molar-refractivity contribution in [1.29, 1.82) is 0 Å². The molecule has 0 fully saturated rings. The number of ether oxygens (including phenoxy) is 1. The van der Waals surface area contributed by atoms with Crippen molar-refractivity contribution in [2.75, 3.05) is 13.2 Å². The van der Waals surface area contributed by atoms with E-state index in [1.807, 2.05) is 4.57 Å². The first kappa shape index (κ1) is 11.5. The Balaban J connectivity index is 2.17. The lowest BCUT2D eigenvalue weighted by Gasteiger charge is -2.04. The fraction of sp³-hybridized carbons (Fsp3) is 0.778. The zero-order chi connectivity index (χ0) is 10.2. The number of rotatable bonds is 7. The normalized spacial score (nSPS) is 10.7. The fourth-order valence-electron chi connectivity index (χ4n) is 1.15. The summed E-state index contributed by atoms with van der Waals surface area (Å²) >= 11 is 5.68. The molecule has 1 rings (SSSR count). The van der Waals surface area contributed by atoms with Crippen molar-refractivity contribution in [2.45, 2.75) is 32.2 Å². The van der Waals surface area contributed by atoms with E-state index in [0.29, 0.717) is 5.88 Å². The fourth-order valence-corrected chi connectivity index (χ4v) is 1.36. The standard InChI is InChI=1S/C9H16ClN3O/c1-2-5-14-6-3-4-13-8-11-12-9(13)7-10/h8H,2-7H2,1H3.